The van der Waals surface area contributed by atoms with Gasteiger partial charge in [0.25, 0.3) is 0 Å². The minimum absolute atomic E-state index is 0.286. The Balaban J connectivity index is 1.29. The fourth-order valence-electron chi connectivity index (χ4n) is 5.09. The molecule has 3 aromatic rings. The Bertz CT molecular complexity index is 1110. The first-order valence-corrected chi connectivity index (χ1v) is 11.1. The van der Waals surface area contributed by atoms with E-state index in [2.05, 4.69) is 26.4 Å². The predicted molar refractivity (Wildman–Crippen MR) is 117 cm³/mol. The van der Waals surface area contributed by atoms with Crippen molar-refractivity contribution in [2.45, 2.75) is 44.2 Å². The molecule has 0 radical (unpaired) electrons. The van der Waals surface area contributed by atoms with Crippen LogP contribution in [-0.2, 0) is 0 Å². The highest BCUT2D eigenvalue weighted by Gasteiger charge is 2.49. The number of piperidine rings is 1. The highest BCUT2D eigenvalue weighted by atomic mass is 35.5. The zero-order valence-electron chi connectivity index (χ0n) is 16.9. The summed E-state index contributed by atoms with van der Waals surface area (Å²) in [4.78, 5) is 11.5. The average molecular weight is 425 g/mol. The van der Waals surface area contributed by atoms with Gasteiger partial charge in [0.1, 0.15) is 0 Å². The summed E-state index contributed by atoms with van der Waals surface area (Å²) in [7, 11) is 0. The summed E-state index contributed by atoms with van der Waals surface area (Å²) in [5.74, 6) is 1.12. The van der Waals surface area contributed by atoms with Crippen molar-refractivity contribution in [3.8, 4) is 0 Å². The van der Waals surface area contributed by atoms with Crippen molar-refractivity contribution < 1.29 is 5.11 Å². The number of nitrogens with zero attached hydrogens (tertiary/aromatic N) is 5. The molecule has 1 saturated heterocycles. The summed E-state index contributed by atoms with van der Waals surface area (Å²) in [6.07, 6.45) is 10.2. The van der Waals surface area contributed by atoms with Crippen LogP contribution in [-0.4, -0.2) is 43.5 Å². The van der Waals surface area contributed by atoms with Gasteiger partial charge in [-0.2, -0.15) is 5.10 Å². The van der Waals surface area contributed by atoms with E-state index in [1.165, 1.54) is 12.8 Å². The lowest BCUT2D eigenvalue weighted by molar-refractivity contribution is -0.0271. The number of aromatic nitrogens is 4. The summed E-state index contributed by atoms with van der Waals surface area (Å²) in [5.41, 5.74) is 2.17. The van der Waals surface area contributed by atoms with Gasteiger partial charge in [-0.1, -0.05) is 11.6 Å². The molecule has 30 heavy (non-hydrogen) atoms. The third-order valence-electron chi connectivity index (χ3n) is 7.17. The maximum Gasteiger partial charge on any atom is 0.227 e. The standard InChI is InChI=1S/C22H25ClN6O/c1-22(30)14-2-3-15(22)11-28(10-14)20-7-19-13(6-18(20)23)8-24-21(27-19)26-16-9-25-29(12-16)17-4-5-17/h6-9,12,14-15,17,30H,2-5,10-11H2,1H3,(H,24,26,27)/t14-,15+,22?. The van der Waals surface area contributed by atoms with Gasteiger partial charge in [0.15, 0.2) is 0 Å². The van der Waals surface area contributed by atoms with Gasteiger partial charge in [0.05, 0.1) is 39.8 Å². The average Bonchev–Trinajstić information content (AvgIpc) is 3.45. The molecule has 2 aromatic heterocycles. The van der Waals surface area contributed by atoms with Gasteiger partial charge in [0.2, 0.25) is 5.95 Å². The molecule has 1 unspecified atom stereocenters. The second-order valence-corrected chi connectivity index (χ2v) is 9.63. The second kappa shape index (κ2) is 6.56. The van der Waals surface area contributed by atoms with Gasteiger partial charge >= 0.3 is 0 Å². The molecular weight excluding hydrogens is 400 g/mol. The number of nitrogens with one attached hydrogen (secondary N) is 1. The van der Waals surface area contributed by atoms with E-state index in [0.717, 1.165) is 48.2 Å². The largest absolute Gasteiger partial charge is 0.389 e. The van der Waals surface area contributed by atoms with Crippen molar-refractivity contribution in [3.63, 3.8) is 0 Å². The number of benzene rings is 1. The van der Waals surface area contributed by atoms with Gasteiger partial charge in [0, 0.05) is 42.7 Å². The predicted octanol–water partition coefficient (Wildman–Crippen LogP) is 4.16. The summed E-state index contributed by atoms with van der Waals surface area (Å²) in [6, 6.07) is 4.54. The fraction of sp³-hybridized carbons (Fsp3) is 0.500. The normalized spacial score (nSPS) is 28.3. The third kappa shape index (κ3) is 3.03. The Labute approximate surface area is 180 Å². The van der Waals surface area contributed by atoms with Crippen LogP contribution in [0.4, 0.5) is 17.3 Å². The topological polar surface area (TPSA) is 79.1 Å². The molecule has 3 heterocycles. The fourth-order valence-corrected chi connectivity index (χ4v) is 5.38. The number of hydrogen-bond acceptors (Lipinski definition) is 6. The Hall–Kier alpha value is -2.38. The van der Waals surface area contributed by atoms with E-state index in [0.29, 0.717) is 17.0 Å². The minimum Gasteiger partial charge on any atom is -0.389 e. The van der Waals surface area contributed by atoms with Crippen LogP contribution in [0.1, 0.15) is 38.6 Å². The monoisotopic (exact) mass is 424 g/mol. The molecule has 156 valence electrons. The molecule has 1 aliphatic heterocycles. The summed E-state index contributed by atoms with van der Waals surface area (Å²) < 4.78 is 2.00. The highest BCUT2D eigenvalue weighted by Crippen LogP contribution is 2.47. The molecule has 1 aromatic carbocycles. The van der Waals surface area contributed by atoms with Gasteiger partial charge in [-0.05, 0) is 44.7 Å². The lowest BCUT2D eigenvalue weighted by Gasteiger charge is -2.43. The number of anilines is 3. The number of rotatable bonds is 4. The van der Waals surface area contributed by atoms with Crippen molar-refractivity contribution >= 4 is 39.8 Å². The molecular formula is C22H25ClN6O. The molecule has 3 aliphatic rings. The second-order valence-electron chi connectivity index (χ2n) is 9.22. The zero-order valence-corrected chi connectivity index (χ0v) is 17.7. The number of aliphatic hydroxyl groups is 1. The third-order valence-corrected chi connectivity index (χ3v) is 7.47. The first kappa shape index (κ1) is 18.4. The molecule has 3 fully saturated rings. The smallest absolute Gasteiger partial charge is 0.227 e. The van der Waals surface area contributed by atoms with Crippen LogP contribution >= 0.6 is 11.6 Å². The van der Waals surface area contributed by atoms with Gasteiger partial charge in [-0.25, -0.2) is 9.97 Å². The van der Waals surface area contributed by atoms with Crippen LogP contribution in [0.5, 0.6) is 0 Å². The summed E-state index contributed by atoms with van der Waals surface area (Å²) in [5, 5.41) is 20.1. The highest BCUT2D eigenvalue weighted by molar-refractivity contribution is 6.34. The molecule has 8 heteroatoms. The first-order chi connectivity index (χ1) is 14.5. The van der Waals surface area contributed by atoms with Crippen molar-refractivity contribution in [2.24, 2.45) is 11.8 Å². The Morgan fingerprint density at radius 1 is 1.13 bits per heavy atom. The van der Waals surface area contributed by atoms with Crippen molar-refractivity contribution in [3.05, 3.63) is 35.7 Å². The van der Waals surface area contributed by atoms with Crippen LogP contribution < -0.4 is 10.2 Å². The molecule has 3 atom stereocenters. The van der Waals surface area contributed by atoms with Crippen LogP contribution in [0, 0.1) is 11.8 Å². The maximum atomic E-state index is 10.8. The van der Waals surface area contributed by atoms with Crippen molar-refractivity contribution in [1.29, 1.82) is 0 Å². The van der Waals surface area contributed by atoms with Gasteiger partial charge in [-0.3, -0.25) is 4.68 Å². The molecule has 0 amide bonds. The van der Waals surface area contributed by atoms with E-state index < -0.39 is 5.60 Å². The molecule has 0 spiro atoms. The SMILES string of the molecule is CC1(O)[C@@H]2CC[C@H]1CN(c1cc3nc(Nc4cnn(C5CC5)c4)ncc3cc1Cl)C2. The maximum absolute atomic E-state index is 10.8. The number of fused-ring (bicyclic) bond motifs is 3. The molecule has 2 aliphatic carbocycles. The molecule has 7 nitrogen and oxygen atoms in total. The molecule has 6 rings (SSSR count). The van der Waals surface area contributed by atoms with Gasteiger partial charge in [-0.15, -0.1) is 0 Å². The minimum atomic E-state index is -0.565. The van der Waals surface area contributed by atoms with E-state index in [1.54, 1.807) is 6.20 Å². The zero-order chi connectivity index (χ0) is 20.5. The van der Waals surface area contributed by atoms with Crippen LogP contribution in [0.2, 0.25) is 5.02 Å². The number of hydrogen-bond donors (Lipinski definition) is 2. The van der Waals surface area contributed by atoms with E-state index in [-0.39, 0.29) is 11.8 Å². The van der Waals surface area contributed by atoms with E-state index >= 15 is 0 Å². The van der Waals surface area contributed by atoms with Crippen molar-refractivity contribution in [2.75, 3.05) is 23.3 Å². The van der Waals surface area contributed by atoms with E-state index in [9.17, 15) is 5.11 Å². The first-order valence-electron chi connectivity index (χ1n) is 10.7. The number of halogens is 1. The summed E-state index contributed by atoms with van der Waals surface area (Å²) in [6.45, 7) is 3.64. The van der Waals surface area contributed by atoms with E-state index in [1.807, 2.05) is 30.1 Å². The van der Waals surface area contributed by atoms with Crippen LogP contribution in [0.25, 0.3) is 10.9 Å². The lowest BCUT2D eigenvalue weighted by atomic mass is 9.82. The van der Waals surface area contributed by atoms with E-state index in [4.69, 9.17) is 16.6 Å². The lowest BCUT2D eigenvalue weighted by Crippen LogP contribution is -2.52. The molecule has 2 bridgehead atoms. The van der Waals surface area contributed by atoms with Crippen molar-refractivity contribution in [1.82, 2.24) is 19.7 Å². The molecule has 2 saturated carbocycles. The van der Waals surface area contributed by atoms with Crippen LogP contribution in [0.3, 0.4) is 0 Å². The molecule has 2 N–H and O–H groups in total. The summed E-state index contributed by atoms with van der Waals surface area (Å²) >= 11 is 6.64. The Morgan fingerprint density at radius 2 is 1.90 bits per heavy atom. The quantitative estimate of drug-likeness (QED) is 0.654. The van der Waals surface area contributed by atoms with Gasteiger partial charge < -0.3 is 15.3 Å². The Kier molecular flexibility index (Phi) is 4.02. The van der Waals surface area contributed by atoms with Crippen LogP contribution in [0.15, 0.2) is 30.7 Å². The Morgan fingerprint density at radius 3 is 2.63 bits per heavy atom.